The molecule has 2 aromatic rings. The lowest BCUT2D eigenvalue weighted by Crippen LogP contribution is -2.44. The molecule has 0 radical (unpaired) electrons. The van der Waals surface area contributed by atoms with Gasteiger partial charge in [-0.15, -0.1) is 0 Å². The van der Waals surface area contributed by atoms with Crippen molar-refractivity contribution in [1.82, 2.24) is 4.90 Å². The lowest BCUT2D eigenvalue weighted by atomic mass is 10.1. The van der Waals surface area contributed by atoms with Gasteiger partial charge < -0.3 is 13.9 Å². The van der Waals surface area contributed by atoms with E-state index in [0.29, 0.717) is 31.2 Å². The highest BCUT2D eigenvalue weighted by Gasteiger charge is 2.38. The zero-order valence-corrected chi connectivity index (χ0v) is 17.7. The van der Waals surface area contributed by atoms with Gasteiger partial charge in [-0.1, -0.05) is 18.5 Å². The topological polar surface area (TPSA) is 86.0 Å². The summed E-state index contributed by atoms with van der Waals surface area (Å²) < 4.78 is 16.1. The highest BCUT2D eigenvalue weighted by molar-refractivity contribution is 6.33. The summed E-state index contributed by atoms with van der Waals surface area (Å²) in [5.74, 6) is -0.528. The van der Waals surface area contributed by atoms with Crippen LogP contribution in [0, 0.1) is 0 Å². The van der Waals surface area contributed by atoms with E-state index in [1.54, 1.807) is 26.8 Å². The summed E-state index contributed by atoms with van der Waals surface area (Å²) in [6, 6.07) is 3.71. The first-order valence-corrected chi connectivity index (χ1v) is 9.94. The van der Waals surface area contributed by atoms with Crippen molar-refractivity contribution in [2.45, 2.75) is 58.6 Å². The molecule has 156 valence electrons. The number of likely N-dealkylation sites (tertiary alicyclic amines) is 1. The maximum Gasteiger partial charge on any atom is 0.411 e. The van der Waals surface area contributed by atoms with Crippen molar-refractivity contribution in [2.24, 2.45) is 0 Å². The predicted molar refractivity (Wildman–Crippen MR) is 108 cm³/mol. The lowest BCUT2D eigenvalue weighted by molar-refractivity contribution is -0.139. The Morgan fingerprint density at radius 2 is 2.00 bits per heavy atom. The van der Waals surface area contributed by atoms with Crippen LogP contribution in [0.3, 0.4) is 0 Å². The third-order valence-corrected chi connectivity index (χ3v) is 4.92. The second-order valence-electron chi connectivity index (χ2n) is 7.98. The number of ether oxygens (including phenoxy) is 2. The first-order valence-electron chi connectivity index (χ1n) is 9.56. The molecule has 8 heteroatoms. The average Bonchev–Trinajstić information content (AvgIpc) is 3.11. The minimum Gasteiger partial charge on any atom is -0.444 e. The Hall–Kier alpha value is -2.54. The van der Waals surface area contributed by atoms with Crippen molar-refractivity contribution in [3.05, 3.63) is 39.2 Å². The van der Waals surface area contributed by atoms with Crippen LogP contribution in [0.2, 0.25) is 5.02 Å². The number of esters is 1. The van der Waals surface area contributed by atoms with Crippen LogP contribution >= 0.6 is 11.6 Å². The summed E-state index contributed by atoms with van der Waals surface area (Å²) in [6.07, 6.45) is 1.21. The van der Waals surface area contributed by atoms with Gasteiger partial charge in [0.05, 0.1) is 5.02 Å². The Morgan fingerprint density at radius 3 is 2.66 bits per heavy atom. The van der Waals surface area contributed by atoms with Crippen molar-refractivity contribution in [3.8, 4) is 5.75 Å². The highest BCUT2D eigenvalue weighted by Crippen LogP contribution is 2.32. The summed E-state index contributed by atoms with van der Waals surface area (Å²) >= 11 is 6.31. The lowest BCUT2D eigenvalue weighted by Gasteiger charge is -2.27. The molecule has 0 saturated carbocycles. The number of fused-ring (bicyclic) bond motifs is 1. The van der Waals surface area contributed by atoms with Gasteiger partial charge in [0, 0.05) is 24.1 Å². The third kappa shape index (κ3) is 4.72. The van der Waals surface area contributed by atoms with Crippen molar-refractivity contribution in [3.63, 3.8) is 0 Å². The van der Waals surface area contributed by atoms with Gasteiger partial charge in [-0.25, -0.2) is 14.4 Å². The monoisotopic (exact) mass is 421 g/mol. The maximum absolute atomic E-state index is 12.8. The van der Waals surface area contributed by atoms with Gasteiger partial charge in [-0.3, -0.25) is 4.90 Å². The van der Waals surface area contributed by atoms with E-state index in [9.17, 15) is 14.4 Å². The van der Waals surface area contributed by atoms with Crippen LogP contribution in [0.4, 0.5) is 4.79 Å². The minimum atomic E-state index is -0.759. The van der Waals surface area contributed by atoms with E-state index in [0.717, 1.165) is 5.56 Å². The summed E-state index contributed by atoms with van der Waals surface area (Å²) in [7, 11) is 0. The molecule has 1 aliphatic heterocycles. The molecule has 1 amide bonds. The first kappa shape index (κ1) is 21.2. The standard InChI is InChI=1S/C21H24ClNO6/c1-5-12-9-18(24)27-16-11-17(14(22)10-13(12)16)28-19(25)15-7-6-8-23(15)20(26)29-21(2,3)4/h9-11,15H,5-8H2,1-4H3/t15-/m0/s1. The van der Waals surface area contributed by atoms with Crippen LogP contribution in [0.15, 0.2) is 27.4 Å². The molecule has 29 heavy (non-hydrogen) atoms. The first-order chi connectivity index (χ1) is 13.6. The molecule has 1 atom stereocenters. The predicted octanol–water partition coefficient (Wildman–Crippen LogP) is 4.31. The molecule has 2 heterocycles. The van der Waals surface area contributed by atoms with E-state index >= 15 is 0 Å². The number of benzene rings is 1. The molecular formula is C21H24ClNO6. The van der Waals surface area contributed by atoms with Crippen LogP contribution < -0.4 is 10.4 Å². The van der Waals surface area contributed by atoms with Crippen molar-refractivity contribution in [2.75, 3.05) is 6.54 Å². The molecule has 0 bridgehead atoms. The normalized spacial score (nSPS) is 16.9. The van der Waals surface area contributed by atoms with Gasteiger partial charge >= 0.3 is 17.7 Å². The molecule has 7 nitrogen and oxygen atoms in total. The zero-order valence-electron chi connectivity index (χ0n) is 16.9. The molecule has 1 saturated heterocycles. The fourth-order valence-electron chi connectivity index (χ4n) is 3.33. The number of hydrogen-bond acceptors (Lipinski definition) is 6. The molecule has 0 spiro atoms. The maximum atomic E-state index is 12.8. The van der Waals surface area contributed by atoms with E-state index in [-0.39, 0.29) is 16.4 Å². The van der Waals surface area contributed by atoms with Crippen LogP contribution in [0.25, 0.3) is 11.0 Å². The van der Waals surface area contributed by atoms with Crippen LogP contribution in [0.5, 0.6) is 5.75 Å². The summed E-state index contributed by atoms with van der Waals surface area (Å²) in [4.78, 5) is 38.3. The molecular weight excluding hydrogens is 398 g/mol. The zero-order chi connectivity index (χ0) is 21.3. The van der Waals surface area contributed by atoms with Gasteiger partial charge in [0.2, 0.25) is 0 Å². The Kier molecular flexibility index (Phi) is 5.89. The van der Waals surface area contributed by atoms with Gasteiger partial charge in [0.1, 0.15) is 17.2 Å². The molecule has 0 aliphatic carbocycles. The number of halogens is 1. The summed E-state index contributed by atoms with van der Waals surface area (Å²) in [6.45, 7) is 7.63. The number of nitrogens with zero attached hydrogens (tertiary/aromatic N) is 1. The molecule has 3 rings (SSSR count). The van der Waals surface area contributed by atoms with Crippen molar-refractivity contribution >= 4 is 34.6 Å². The Labute approximate surface area is 173 Å². The number of carbonyl (C=O) groups excluding carboxylic acids is 2. The Bertz CT molecular complexity index is 1010. The van der Waals surface area contributed by atoms with Crippen LogP contribution in [-0.4, -0.2) is 35.2 Å². The van der Waals surface area contributed by atoms with E-state index in [2.05, 4.69) is 0 Å². The van der Waals surface area contributed by atoms with E-state index in [1.807, 2.05) is 6.92 Å². The number of amides is 1. The smallest absolute Gasteiger partial charge is 0.411 e. The van der Waals surface area contributed by atoms with Gasteiger partial charge in [0.25, 0.3) is 0 Å². The largest absolute Gasteiger partial charge is 0.444 e. The van der Waals surface area contributed by atoms with Gasteiger partial charge in [-0.2, -0.15) is 0 Å². The summed E-state index contributed by atoms with van der Waals surface area (Å²) in [5.41, 5.74) is -0.0645. The molecule has 1 aromatic heterocycles. The molecule has 0 N–H and O–H groups in total. The number of hydrogen-bond donors (Lipinski definition) is 0. The molecule has 1 aromatic carbocycles. The summed E-state index contributed by atoms with van der Waals surface area (Å²) in [5, 5.41) is 0.907. The van der Waals surface area contributed by atoms with Crippen molar-refractivity contribution in [1.29, 1.82) is 0 Å². The fraction of sp³-hybridized carbons (Fsp3) is 0.476. The second-order valence-corrected chi connectivity index (χ2v) is 8.38. The van der Waals surface area contributed by atoms with Gasteiger partial charge in [-0.05, 0) is 51.7 Å². The van der Waals surface area contributed by atoms with Crippen LogP contribution in [0.1, 0.15) is 46.1 Å². The number of aryl methyl sites for hydroxylation is 1. The van der Waals surface area contributed by atoms with Crippen LogP contribution in [-0.2, 0) is 16.0 Å². The quantitative estimate of drug-likeness (QED) is 0.417. The van der Waals surface area contributed by atoms with E-state index in [4.69, 9.17) is 25.5 Å². The van der Waals surface area contributed by atoms with E-state index in [1.165, 1.54) is 17.0 Å². The molecule has 1 aliphatic rings. The second kappa shape index (κ2) is 8.06. The molecule has 0 unspecified atom stereocenters. The Balaban J connectivity index is 1.84. The minimum absolute atomic E-state index is 0.0802. The fourth-order valence-corrected chi connectivity index (χ4v) is 3.53. The number of rotatable bonds is 3. The SMILES string of the molecule is CCc1cc(=O)oc2cc(OC(=O)[C@@H]3CCCN3C(=O)OC(C)(C)C)c(Cl)cc12. The highest BCUT2D eigenvalue weighted by atomic mass is 35.5. The molecule has 1 fully saturated rings. The van der Waals surface area contributed by atoms with Gasteiger partial charge in [0.15, 0.2) is 5.75 Å². The van der Waals surface area contributed by atoms with Crippen molar-refractivity contribution < 1.29 is 23.5 Å². The average molecular weight is 422 g/mol. The van der Waals surface area contributed by atoms with E-state index < -0.39 is 29.3 Å². The number of carbonyl (C=O) groups is 2. The third-order valence-electron chi connectivity index (χ3n) is 4.63. The Morgan fingerprint density at radius 1 is 1.28 bits per heavy atom.